The van der Waals surface area contributed by atoms with Crippen LogP contribution in [0.1, 0.15) is 39.5 Å². The number of likely N-dealkylation sites (tertiary alicyclic amines) is 2. The molecule has 1 atom stereocenters. The number of hydrogen-bond donors (Lipinski definition) is 1. The molecule has 0 aromatic rings. The van der Waals surface area contributed by atoms with E-state index < -0.39 is 0 Å². The Bertz CT molecular complexity index is 313. The smallest absolute Gasteiger partial charge is 0.241 e. The average molecular weight is 299 g/mol. The second-order valence-electron chi connectivity index (χ2n) is 6.56. The van der Waals surface area contributed by atoms with E-state index in [1.807, 2.05) is 11.9 Å². The lowest BCUT2D eigenvalue weighted by Crippen LogP contribution is -2.52. The summed E-state index contributed by atoms with van der Waals surface area (Å²) >= 11 is 4.36. The van der Waals surface area contributed by atoms with Crippen molar-refractivity contribution in [3.8, 4) is 0 Å². The predicted octanol–water partition coefficient (Wildman–Crippen LogP) is 1.87. The quantitative estimate of drug-likeness (QED) is 0.803. The third-order valence-electron chi connectivity index (χ3n) is 4.72. The molecule has 2 rings (SSSR count). The van der Waals surface area contributed by atoms with Gasteiger partial charge in [0.05, 0.1) is 0 Å². The standard InChI is InChI=1S/C15H29N3OS/c1-12(2)14(16(3)20)15(19)18-10-6-13(7-11-18)17-8-4-5-9-17/h12-14,20H,4-11H2,1-3H3/t14-/m1/s1. The van der Waals surface area contributed by atoms with Crippen molar-refractivity contribution >= 4 is 18.7 Å². The van der Waals surface area contributed by atoms with E-state index in [0.717, 1.165) is 25.9 Å². The number of thiol groups is 1. The van der Waals surface area contributed by atoms with Crippen molar-refractivity contribution in [3.05, 3.63) is 0 Å². The Morgan fingerprint density at radius 3 is 2.15 bits per heavy atom. The van der Waals surface area contributed by atoms with E-state index >= 15 is 0 Å². The van der Waals surface area contributed by atoms with Gasteiger partial charge in [-0.1, -0.05) is 26.7 Å². The zero-order valence-electron chi connectivity index (χ0n) is 13.1. The Labute approximate surface area is 129 Å². The molecule has 0 radical (unpaired) electrons. The van der Waals surface area contributed by atoms with Crippen molar-refractivity contribution in [2.45, 2.75) is 51.6 Å². The molecule has 0 spiro atoms. The van der Waals surface area contributed by atoms with Crippen LogP contribution in [0.25, 0.3) is 0 Å². The molecule has 2 heterocycles. The van der Waals surface area contributed by atoms with Gasteiger partial charge in [0.15, 0.2) is 0 Å². The van der Waals surface area contributed by atoms with Gasteiger partial charge in [-0.3, -0.25) is 4.79 Å². The molecule has 0 N–H and O–H groups in total. The van der Waals surface area contributed by atoms with Gasteiger partial charge in [-0.2, -0.15) is 0 Å². The van der Waals surface area contributed by atoms with Crippen LogP contribution in [0.5, 0.6) is 0 Å². The summed E-state index contributed by atoms with van der Waals surface area (Å²) in [4.78, 5) is 17.3. The minimum atomic E-state index is -0.110. The van der Waals surface area contributed by atoms with Crippen molar-refractivity contribution in [2.75, 3.05) is 33.2 Å². The predicted molar refractivity (Wildman–Crippen MR) is 85.8 cm³/mol. The molecular formula is C15H29N3OS. The number of carbonyl (C=O) groups excluding carboxylic acids is 1. The maximum Gasteiger partial charge on any atom is 0.241 e. The number of rotatable bonds is 4. The maximum absolute atomic E-state index is 12.6. The fourth-order valence-corrected chi connectivity index (χ4v) is 3.99. The summed E-state index contributed by atoms with van der Waals surface area (Å²) in [5.41, 5.74) is 0. The van der Waals surface area contributed by atoms with E-state index in [9.17, 15) is 4.79 Å². The molecule has 4 nitrogen and oxygen atoms in total. The Morgan fingerprint density at radius 1 is 1.15 bits per heavy atom. The van der Waals surface area contributed by atoms with Gasteiger partial charge in [0.2, 0.25) is 5.91 Å². The van der Waals surface area contributed by atoms with E-state index in [2.05, 4.69) is 31.6 Å². The summed E-state index contributed by atoms with van der Waals surface area (Å²) in [7, 11) is 1.88. The summed E-state index contributed by atoms with van der Waals surface area (Å²) in [6, 6.07) is 0.592. The number of nitrogens with zero attached hydrogens (tertiary/aromatic N) is 3. The minimum absolute atomic E-state index is 0.110. The van der Waals surface area contributed by atoms with Crippen molar-refractivity contribution in [1.82, 2.24) is 14.1 Å². The minimum Gasteiger partial charge on any atom is -0.341 e. The number of likely N-dealkylation sites (N-methyl/N-ethyl adjacent to an activating group) is 1. The number of hydrogen-bond acceptors (Lipinski definition) is 4. The first kappa shape index (κ1) is 16.1. The highest BCUT2D eigenvalue weighted by Gasteiger charge is 2.33. The zero-order valence-corrected chi connectivity index (χ0v) is 14.0. The second kappa shape index (κ2) is 7.14. The average Bonchev–Trinajstić information content (AvgIpc) is 2.91. The highest BCUT2D eigenvalue weighted by molar-refractivity contribution is 7.77. The van der Waals surface area contributed by atoms with Crippen LogP contribution < -0.4 is 0 Å². The summed E-state index contributed by atoms with van der Waals surface area (Å²) in [6.45, 7) is 8.51. The fourth-order valence-electron chi connectivity index (χ4n) is 3.62. The molecule has 20 heavy (non-hydrogen) atoms. The second-order valence-corrected chi connectivity index (χ2v) is 7.19. The summed E-state index contributed by atoms with van der Waals surface area (Å²) in [5.74, 6) is 0.540. The molecule has 0 aromatic heterocycles. The summed E-state index contributed by atoms with van der Waals surface area (Å²) < 4.78 is 1.76. The first-order valence-corrected chi connectivity index (χ1v) is 8.35. The van der Waals surface area contributed by atoms with Crippen LogP contribution in [0, 0.1) is 5.92 Å². The van der Waals surface area contributed by atoms with Crippen LogP contribution in [-0.2, 0) is 4.79 Å². The molecule has 0 aromatic carbocycles. The van der Waals surface area contributed by atoms with Gasteiger partial charge in [-0.15, -0.1) is 0 Å². The van der Waals surface area contributed by atoms with Crippen molar-refractivity contribution in [2.24, 2.45) is 5.92 Å². The third-order valence-corrected chi connectivity index (χ3v) is 4.97. The van der Waals surface area contributed by atoms with Crippen molar-refractivity contribution in [1.29, 1.82) is 0 Å². The fraction of sp³-hybridized carbons (Fsp3) is 0.933. The molecule has 0 aliphatic carbocycles. The van der Waals surface area contributed by atoms with E-state index in [1.165, 1.54) is 25.9 Å². The topological polar surface area (TPSA) is 26.8 Å². The van der Waals surface area contributed by atoms with Crippen LogP contribution in [0.3, 0.4) is 0 Å². The molecule has 2 aliphatic rings. The van der Waals surface area contributed by atoms with Gasteiger partial charge in [-0.25, -0.2) is 4.31 Å². The molecular weight excluding hydrogens is 270 g/mol. The zero-order chi connectivity index (χ0) is 14.7. The lowest BCUT2D eigenvalue weighted by Gasteiger charge is -2.39. The normalized spacial score (nSPS) is 23.8. The van der Waals surface area contributed by atoms with Gasteiger partial charge < -0.3 is 9.80 Å². The number of piperidine rings is 1. The molecule has 0 saturated carbocycles. The SMILES string of the molecule is CC(C)[C@H](C(=O)N1CCC(N2CCCC2)CC1)N(C)S. The van der Waals surface area contributed by atoms with Crippen LogP contribution in [-0.4, -0.2) is 65.3 Å². The van der Waals surface area contributed by atoms with Crippen molar-refractivity contribution in [3.63, 3.8) is 0 Å². The first-order valence-electron chi connectivity index (χ1n) is 7.95. The molecule has 2 saturated heterocycles. The molecule has 2 aliphatic heterocycles. The van der Waals surface area contributed by atoms with Gasteiger partial charge in [0.1, 0.15) is 6.04 Å². The lowest BCUT2D eigenvalue weighted by molar-refractivity contribution is -0.137. The van der Waals surface area contributed by atoms with E-state index in [4.69, 9.17) is 0 Å². The highest BCUT2D eigenvalue weighted by Crippen LogP contribution is 2.23. The van der Waals surface area contributed by atoms with Gasteiger partial charge in [0, 0.05) is 19.1 Å². The van der Waals surface area contributed by atoms with Crippen LogP contribution in [0.2, 0.25) is 0 Å². The molecule has 116 valence electrons. The lowest BCUT2D eigenvalue weighted by atomic mass is 9.99. The van der Waals surface area contributed by atoms with E-state index in [-0.39, 0.29) is 11.9 Å². The van der Waals surface area contributed by atoms with E-state index in [1.54, 1.807) is 4.31 Å². The Morgan fingerprint density at radius 2 is 1.70 bits per heavy atom. The van der Waals surface area contributed by atoms with Crippen LogP contribution in [0.15, 0.2) is 0 Å². The van der Waals surface area contributed by atoms with E-state index in [0.29, 0.717) is 12.0 Å². The molecule has 5 heteroatoms. The molecule has 2 fully saturated rings. The number of carbonyl (C=O) groups is 1. The Kier molecular flexibility index (Phi) is 5.75. The summed E-state index contributed by atoms with van der Waals surface area (Å²) in [6.07, 6.45) is 4.96. The first-order chi connectivity index (χ1) is 9.50. The Balaban J connectivity index is 1.87. The highest BCUT2D eigenvalue weighted by atomic mass is 32.1. The summed E-state index contributed by atoms with van der Waals surface area (Å²) in [5, 5.41) is 0. The third kappa shape index (κ3) is 3.68. The van der Waals surface area contributed by atoms with Crippen LogP contribution in [0.4, 0.5) is 0 Å². The number of amides is 1. The van der Waals surface area contributed by atoms with Crippen LogP contribution >= 0.6 is 12.8 Å². The van der Waals surface area contributed by atoms with Gasteiger partial charge in [-0.05, 0) is 51.7 Å². The molecule has 1 amide bonds. The van der Waals surface area contributed by atoms with Gasteiger partial charge >= 0.3 is 0 Å². The monoisotopic (exact) mass is 299 g/mol. The molecule has 0 unspecified atom stereocenters. The maximum atomic E-state index is 12.6. The van der Waals surface area contributed by atoms with Crippen molar-refractivity contribution < 1.29 is 4.79 Å². The Hall–Kier alpha value is -0.260. The largest absolute Gasteiger partial charge is 0.341 e. The molecule has 0 bridgehead atoms. The van der Waals surface area contributed by atoms with Gasteiger partial charge in [0.25, 0.3) is 0 Å².